The average molecular weight is 387 g/mol. The topological polar surface area (TPSA) is 65.1 Å². The molecule has 0 N–H and O–H groups in total. The van der Waals surface area contributed by atoms with Gasteiger partial charge in [-0.2, -0.15) is 0 Å². The fourth-order valence-corrected chi connectivity index (χ4v) is 4.77. The van der Waals surface area contributed by atoms with Crippen LogP contribution in [0, 0.1) is 5.92 Å². The minimum absolute atomic E-state index is 0.0369. The standard InChI is InChI=1S/C22H29NO5/c24-20(9-10-21-26-11-12-27-21)17-13-18-7-4-8-19(14-17)23(18)22(25)28-15-16-5-2-1-3-6-16/h1-3,5-6,17-19,21H,4,7-15H2. The summed E-state index contributed by atoms with van der Waals surface area (Å²) in [5.74, 6) is 0.322. The van der Waals surface area contributed by atoms with Crippen LogP contribution in [0.25, 0.3) is 0 Å². The molecule has 0 radical (unpaired) electrons. The van der Waals surface area contributed by atoms with E-state index in [1.165, 1.54) is 0 Å². The molecule has 3 heterocycles. The summed E-state index contributed by atoms with van der Waals surface area (Å²) >= 11 is 0. The number of ether oxygens (including phenoxy) is 3. The second kappa shape index (κ2) is 9.05. The number of piperidine rings is 2. The Morgan fingerprint density at radius 3 is 2.39 bits per heavy atom. The van der Waals surface area contributed by atoms with Gasteiger partial charge in [-0.1, -0.05) is 30.3 Å². The van der Waals surface area contributed by atoms with E-state index in [1.54, 1.807) is 0 Å². The molecule has 0 saturated carbocycles. The van der Waals surface area contributed by atoms with Crippen molar-refractivity contribution in [2.75, 3.05) is 13.2 Å². The molecule has 2 unspecified atom stereocenters. The van der Waals surface area contributed by atoms with Crippen LogP contribution in [0.2, 0.25) is 0 Å². The molecule has 152 valence electrons. The maximum absolute atomic E-state index is 12.7. The minimum atomic E-state index is -0.239. The first-order valence-corrected chi connectivity index (χ1v) is 10.5. The highest BCUT2D eigenvalue weighted by Gasteiger charge is 2.43. The molecule has 3 aliphatic heterocycles. The van der Waals surface area contributed by atoms with Crippen molar-refractivity contribution in [1.29, 1.82) is 0 Å². The summed E-state index contributed by atoms with van der Waals surface area (Å²) in [7, 11) is 0. The predicted octanol–water partition coefficient (Wildman–Crippen LogP) is 3.68. The van der Waals surface area contributed by atoms with Crippen molar-refractivity contribution in [2.24, 2.45) is 5.92 Å². The van der Waals surface area contributed by atoms with Crippen LogP contribution in [0.3, 0.4) is 0 Å². The Balaban J connectivity index is 1.31. The Morgan fingerprint density at radius 1 is 1.04 bits per heavy atom. The minimum Gasteiger partial charge on any atom is -0.445 e. The molecule has 0 aromatic heterocycles. The molecule has 0 spiro atoms. The van der Waals surface area contributed by atoms with Crippen molar-refractivity contribution >= 4 is 11.9 Å². The van der Waals surface area contributed by atoms with Crippen LogP contribution in [0.15, 0.2) is 30.3 Å². The number of fused-ring (bicyclic) bond motifs is 2. The normalized spacial score (nSPS) is 27.6. The SMILES string of the molecule is O=C(CCC1OCCO1)C1CC2CCCC(C1)N2C(=O)OCc1ccccc1. The molecule has 6 nitrogen and oxygen atoms in total. The first-order chi connectivity index (χ1) is 13.7. The predicted molar refractivity (Wildman–Crippen MR) is 103 cm³/mol. The molecule has 1 aromatic rings. The first-order valence-electron chi connectivity index (χ1n) is 10.5. The third-order valence-corrected chi connectivity index (χ3v) is 6.16. The number of nitrogens with zero attached hydrogens (tertiary/aromatic N) is 1. The van der Waals surface area contributed by atoms with Crippen LogP contribution in [-0.4, -0.2) is 48.4 Å². The highest BCUT2D eigenvalue weighted by Crippen LogP contribution is 2.38. The fraction of sp³-hybridized carbons (Fsp3) is 0.636. The van der Waals surface area contributed by atoms with E-state index in [2.05, 4.69) is 0 Å². The Labute approximate surface area is 166 Å². The smallest absolute Gasteiger partial charge is 0.410 e. The van der Waals surface area contributed by atoms with Crippen molar-refractivity contribution in [2.45, 2.75) is 69.9 Å². The van der Waals surface area contributed by atoms with Crippen LogP contribution in [0.5, 0.6) is 0 Å². The number of Topliss-reactive ketones (excluding diaryl/α,β-unsaturated/α-hetero) is 1. The molecule has 0 aliphatic carbocycles. The van der Waals surface area contributed by atoms with E-state index in [0.717, 1.165) is 37.7 Å². The number of benzene rings is 1. The van der Waals surface area contributed by atoms with E-state index in [0.29, 0.717) is 32.7 Å². The van der Waals surface area contributed by atoms with Crippen LogP contribution in [0.4, 0.5) is 4.79 Å². The lowest BCUT2D eigenvalue weighted by molar-refractivity contribution is -0.129. The maximum Gasteiger partial charge on any atom is 0.410 e. The van der Waals surface area contributed by atoms with E-state index in [4.69, 9.17) is 14.2 Å². The van der Waals surface area contributed by atoms with Crippen molar-refractivity contribution in [3.8, 4) is 0 Å². The zero-order chi connectivity index (χ0) is 19.3. The fourth-order valence-electron chi connectivity index (χ4n) is 4.77. The van der Waals surface area contributed by atoms with Gasteiger partial charge in [0.2, 0.25) is 0 Å². The van der Waals surface area contributed by atoms with Gasteiger partial charge in [0.15, 0.2) is 6.29 Å². The molecule has 3 aliphatic rings. The van der Waals surface area contributed by atoms with Gasteiger partial charge in [0, 0.05) is 30.8 Å². The van der Waals surface area contributed by atoms with Gasteiger partial charge in [-0.25, -0.2) is 4.79 Å². The Morgan fingerprint density at radius 2 is 1.71 bits per heavy atom. The van der Waals surface area contributed by atoms with Crippen LogP contribution in [-0.2, 0) is 25.6 Å². The number of ketones is 1. The zero-order valence-corrected chi connectivity index (χ0v) is 16.3. The molecule has 2 bridgehead atoms. The highest BCUT2D eigenvalue weighted by atomic mass is 16.7. The second-order valence-corrected chi connectivity index (χ2v) is 8.03. The summed E-state index contributed by atoms with van der Waals surface area (Å²) < 4.78 is 16.5. The molecule has 1 amide bonds. The maximum atomic E-state index is 12.7. The number of hydrogen-bond acceptors (Lipinski definition) is 5. The third kappa shape index (κ3) is 4.55. The van der Waals surface area contributed by atoms with Gasteiger partial charge in [-0.05, 0) is 37.7 Å². The Kier molecular flexibility index (Phi) is 6.27. The van der Waals surface area contributed by atoms with E-state index in [-0.39, 0.29) is 36.2 Å². The van der Waals surface area contributed by atoms with Crippen molar-refractivity contribution < 1.29 is 23.8 Å². The van der Waals surface area contributed by atoms with Crippen LogP contribution in [0.1, 0.15) is 50.5 Å². The molecule has 4 rings (SSSR count). The Bertz CT molecular complexity index is 659. The van der Waals surface area contributed by atoms with Gasteiger partial charge < -0.3 is 19.1 Å². The lowest BCUT2D eigenvalue weighted by Crippen LogP contribution is -2.55. The van der Waals surface area contributed by atoms with E-state index >= 15 is 0 Å². The van der Waals surface area contributed by atoms with Crippen LogP contribution < -0.4 is 0 Å². The molecule has 3 saturated heterocycles. The van der Waals surface area contributed by atoms with Gasteiger partial charge in [-0.3, -0.25) is 4.79 Å². The molecule has 1 aromatic carbocycles. The summed E-state index contributed by atoms with van der Waals surface area (Å²) in [4.78, 5) is 27.4. The molecule has 3 fully saturated rings. The lowest BCUT2D eigenvalue weighted by atomic mass is 9.76. The number of carbonyl (C=O) groups is 2. The van der Waals surface area contributed by atoms with E-state index in [1.807, 2.05) is 35.2 Å². The van der Waals surface area contributed by atoms with Crippen LogP contribution >= 0.6 is 0 Å². The quantitative estimate of drug-likeness (QED) is 0.745. The average Bonchev–Trinajstić information content (AvgIpc) is 3.23. The highest BCUT2D eigenvalue weighted by molar-refractivity contribution is 5.81. The summed E-state index contributed by atoms with van der Waals surface area (Å²) in [5.41, 5.74) is 0.988. The van der Waals surface area contributed by atoms with Gasteiger partial charge in [0.25, 0.3) is 0 Å². The van der Waals surface area contributed by atoms with Crippen molar-refractivity contribution in [3.05, 3.63) is 35.9 Å². The zero-order valence-electron chi connectivity index (χ0n) is 16.3. The van der Waals surface area contributed by atoms with Gasteiger partial charge in [0.1, 0.15) is 12.4 Å². The second-order valence-electron chi connectivity index (χ2n) is 8.03. The van der Waals surface area contributed by atoms with Crippen molar-refractivity contribution in [1.82, 2.24) is 4.90 Å². The molecule has 2 atom stereocenters. The molecule has 6 heteroatoms. The number of amides is 1. The number of rotatable bonds is 6. The van der Waals surface area contributed by atoms with E-state index < -0.39 is 0 Å². The largest absolute Gasteiger partial charge is 0.445 e. The lowest BCUT2D eigenvalue weighted by Gasteiger charge is -2.47. The third-order valence-electron chi connectivity index (χ3n) is 6.16. The van der Waals surface area contributed by atoms with Gasteiger partial charge in [0.05, 0.1) is 13.2 Å². The van der Waals surface area contributed by atoms with Gasteiger partial charge in [-0.15, -0.1) is 0 Å². The van der Waals surface area contributed by atoms with E-state index in [9.17, 15) is 9.59 Å². The molecule has 28 heavy (non-hydrogen) atoms. The van der Waals surface area contributed by atoms with Crippen molar-refractivity contribution in [3.63, 3.8) is 0 Å². The van der Waals surface area contributed by atoms with Gasteiger partial charge >= 0.3 is 6.09 Å². The summed E-state index contributed by atoms with van der Waals surface area (Å²) in [6.45, 7) is 1.53. The first kappa shape index (κ1) is 19.4. The molecular formula is C22H29NO5. The monoisotopic (exact) mass is 387 g/mol. The number of carbonyl (C=O) groups excluding carboxylic acids is 2. The summed E-state index contributed by atoms with van der Waals surface area (Å²) in [5, 5.41) is 0. The summed E-state index contributed by atoms with van der Waals surface area (Å²) in [6.07, 6.45) is 5.19. The summed E-state index contributed by atoms with van der Waals surface area (Å²) in [6, 6.07) is 9.97. The Hall–Kier alpha value is -1.92. The number of hydrogen-bond donors (Lipinski definition) is 0. The molecular weight excluding hydrogens is 358 g/mol.